The monoisotopic (exact) mass is 399 g/mol. The van der Waals surface area contributed by atoms with Crippen LogP contribution in [0.3, 0.4) is 0 Å². The molecule has 2 aromatic carbocycles. The number of carbonyl (C=O) groups is 2. The number of urea groups is 1. The minimum atomic E-state index is -0.631. The number of rotatable bonds is 3. The van der Waals surface area contributed by atoms with E-state index in [2.05, 4.69) is 38.5 Å². The van der Waals surface area contributed by atoms with Gasteiger partial charge in [-0.2, -0.15) is 0 Å². The molecule has 3 N–H and O–H groups in total. The minimum Gasteiger partial charge on any atom is -0.330 e. The lowest BCUT2D eigenvalue weighted by Crippen LogP contribution is -2.51. The van der Waals surface area contributed by atoms with Crippen molar-refractivity contribution in [3.63, 3.8) is 0 Å². The molecule has 128 valence electrons. The number of amides is 3. The largest absolute Gasteiger partial charge is 0.330 e. The molecular formula is C19H18BrN3O2. The predicted octanol–water partition coefficient (Wildman–Crippen LogP) is 3.88. The average Bonchev–Trinajstić information content (AvgIpc) is 2.56. The number of nitrogens with one attached hydrogen (secondary N) is 3. The summed E-state index contributed by atoms with van der Waals surface area (Å²) >= 11 is 3.43. The minimum absolute atomic E-state index is 0.230. The van der Waals surface area contributed by atoms with Gasteiger partial charge in [0.1, 0.15) is 5.92 Å². The van der Waals surface area contributed by atoms with Crippen LogP contribution in [0.5, 0.6) is 0 Å². The molecule has 2 aromatic rings. The van der Waals surface area contributed by atoms with E-state index >= 15 is 0 Å². The maximum absolute atomic E-state index is 12.9. The van der Waals surface area contributed by atoms with Crippen LogP contribution in [0.2, 0.25) is 0 Å². The van der Waals surface area contributed by atoms with Crippen LogP contribution in [0.1, 0.15) is 17.2 Å². The Morgan fingerprint density at radius 3 is 2.60 bits per heavy atom. The summed E-state index contributed by atoms with van der Waals surface area (Å²) in [5.41, 5.74) is 3.02. The molecule has 1 aliphatic heterocycles. The van der Waals surface area contributed by atoms with Crippen LogP contribution in [-0.2, 0) is 4.79 Å². The van der Waals surface area contributed by atoms with Crippen molar-refractivity contribution >= 4 is 33.6 Å². The fourth-order valence-electron chi connectivity index (χ4n) is 2.83. The smallest absolute Gasteiger partial charge is 0.319 e. The van der Waals surface area contributed by atoms with Gasteiger partial charge in [-0.15, -0.1) is 0 Å². The Hall–Kier alpha value is -2.60. The maximum Gasteiger partial charge on any atom is 0.319 e. The van der Waals surface area contributed by atoms with Gasteiger partial charge in [0, 0.05) is 15.9 Å². The third kappa shape index (κ3) is 3.91. The van der Waals surface area contributed by atoms with Crippen LogP contribution < -0.4 is 16.0 Å². The molecule has 2 atom stereocenters. The van der Waals surface area contributed by atoms with Crippen molar-refractivity contribution in [2.75, 3.05) is 5.32 Å². The van der Waals surface area contributed by atoms with Crippen LogP contribution in [0.4, 0.5) is 10.5 Å². The fraction of sp³-hybridized carbons (Fsp3) is 0.158. The number of hydrogen-bond donors (Lipinski definition) is 3. The van der Waals surface area contributed by atoms with Crippen molar-refractivity contribution in [2.24, 2.45) is 5.92 Å². The molecule has 1 aliphatic rings. The Bertz CT molecular complexity index is 833. The zero-order chi connectivity index (χ0) is 18.0. The molecular weight excluding hydrogens is 382 g/mol. The second-order valence-corrected chi connectivity index (χ2v) is 6.90. The average molecular weight is 400 g/mol. The number of hydrogen-bond acceptors (Lipinski definition) is 2. The third-order valence-corrected chi connectivity index (χ3v) is 4.57. The third-order valence-electron chi connectivity index (χ3n) is 4.08. The van der Waals surface area contributed by atoms with E-state index in [4.69, 9.17) is 0 Å². The zero-order valence-electron chi connectivity index (χ0n) is 13.7. The SMILES string of the molecule is C=C1NC(=O)N[C@H](c2cccc(Br)c2)[C@@H]1C(=O)Nc1ccc(C)cc1. The molecule has 1 saturated heterocycles. The van der Waals surface area contributed by atoms with E-state index < -0.39 is 12.0 Å². The molecule has 0 spiro atoms. The summed E-state index contributed by atoms with van der Waals surface area (Å²) in [6.45, 7) is 5.86. The standard InChI is InChI=1S/C19H18BrN3O2/c1-11-6-8-15(9-7-11)22-18(24)16-12(2)21-19(25)23-17(16)13-4-3-5-14(20)10-13/h3-10,16-17H,2H2,1H3,(H,22,24)(H2,21,23,25)/t16-,17-/m1/s1. The van der Waals surface area contributed by atoms with Gasteiger partial charge >= 0.3 is 6.03 Å². The molecule has 0 aliphatic carbocycles. The van der Waals surface area contributed by atoms with Gasteiger partial charge in [0.05, 0.1) is 6.04 Å². The summed E-state index contributed by atoms with van der Waals surface area (Å²) in [7, 11) is 0. The van der Waals surface area contributed by atoms with Gasteiger partial charge in [-0.05, 0) is 36.8 Å². The molecule has 6 heteroatoms. The highest BCUT2D eigenvalue weighted by atomic mass is 79.9. The molecule has 3 rings (SSSR count). The summed E-state index contributed by atoms with van der Waals surface area (Å²) in [4.78, 5) is 24.7. The van der Waals surface area contributed by atoms with Gasteiger partial charge in [-0.3, -0.25) is 4.79 Å². The molecule has 5 nitrogen and oxygen atoms in total. The van der Waals surface area contributed by atoms with Crippen LogP contribution in [0.25, 0.3) is 0 Å². The van der Waals surface area contributed by atoms with E-state index in [0.29, 0.717) is 11.4 Å². The molecule has 0 saturated carbocycles. The van der Waals surface area contributed by atoms with Crippen molar-refractivity contribution < 1.29 is 9.59 Å². The molecule has 0 unspecified atom stereocenters. The molecule has 1 fully saturated rings. The highest BCUT2D eigenvalue weighted by Crippen LogP contribution is 2.31. The van der Waals surface area contributed by atoms with Gasteiger partial charge < -0.3 is 16.0 Å². The molecule has 1 heterocycles. The van der Waals surface area contributed by atoms with Crippen LogP contribution in [-0.4, -0.2) is 11.9 Å². The van der Waals surface area contributed by atoms with Crippen molar-refractivity contribution in [3.05, 3.63) is 76.4 Å². The van der Waals surface area contributed by atoms with Gasteiger partial charge in [0.2, 0.25) is 5.91 Å². The number of halogens is 1. The Kier molecular flexibility index (Phi) is 4.90. The van der Waals surface area contributed by atoms with Gasteiger partial charge in [-0.25, -0.2) is 4.79 Å². The van der Waals surface area contributed by atoms with E-state index in [1.807, 2.05) is 55.5 Å². The van der Waals surface area contributed by atoms with Gasteiger partial charge in [0.15, 0.2) is 0 Å². The number of carbonyl (C=O) groups excluding carboxylic acids is 2. The first-order chi connectivity index (χ1) is 11.9. The van der Waals surface area contributed by atoms with E-state index in [0.717, 1.165) is 15.6 Å². The van der Waals surface area contributed by atoms with Crippen molar-refractivity contribution in [2.45, 2.75) is 13.0 Å². The highest BCUT2D eigenvalue weighted by Gasteiger charge is 2.37. The molecule has 25 heavy (non-hydrogen) atoms. The lowest BCUT2D eigenvalue weighted by molar-refractivity contribution is -0.119. The summed E-state index contributed by atoms with van der Waals surface area (Å²) in [6, 6.07) is 14.2. The summed E-state index contributed by atoms with van der Waals surface area (Å²) in [5, 5.41) is 8.32. The fourth-order valence-corrected chi connectivity index (χ4v) is 3.24. The Morgan fingerprint density at radius 2 is 1.92 bits per heavy atom. The summed E-state index contributed by atoms with van der Waals surface area (Å²) in [5.74, 6) is -0.861. The number of aryl methyl sites for hydroxylation is 1. The molecule has 0 bridgehead atoms. The van der Waals surface area contributed by atoms with Crippen LogP contribution in [0.15, 0.2) is 65.3 Å². The van der Waals surface area contributed by atoms with Crippen molar-refractivity contribution in [3.8, 4) is 0 Å². The first-order valence-electron chi connectivity index (χ1n) is 7.83. The van der Waals surface area contributed by atoms with E-state index in [1.54, 1.807) is 0 Å². The molecule has 0 radical (unpaired) electrons. The molecule has 3 amide bonds. The van der Waals surface area contributed by atoms with Crippen molar-refractivity contribution in [1.29, 1.82) is 0 Å². The van der Waals surface area contributed by atoms with E-state index in [1.165, 1.54) is 0 Å². The zero-order valence-corrected chi connectivity index (χ0v) is 15.3. The first kappa shape index (κ1) is 17.2. The lowest BCUT2D eigenvalue weighted by atomic mass is 9.88. The summed E-state index contributed by atoms with van der Waals surface area (Å²) < 4.78 is 0.876. The summed E-state index contributed by atoms with van der Waals surface area (Å²) in [6.07, 6.45) is 0. The molecule has 0 aromatic heterocycles. The lowest BCUT2D eigenvalue weighted by Gasteiger charge is -2.34. The highest BCUT2D eigenvalue weighted by molar-refractivity contribution is 9.10. The maximum atomic E-state index is 12.9. The Morgan fingerprint density at radius 1 is 1.20 bits per heavy atom. The second-order valence-electron chi connectivity index (χ2n) is 5.99. The Labute approximate surface area is 154 Å². The normalized spacial score (nSPS) is 19.8. The van der Waals surface area contributed by atoms with Gasteiger partial charge in [0.25, 0.3) is 0 Å². The Balaban J connectivity index is 1.89. The topological polar surface area (TPSA) is 70.2 Å². The van der Waals surface area contributed by atoms with E-state index in [-0.39, 0.29) is 11.9 Å². The van der Waals surface area contributed by atoms with E-state index in [9.17, 15) is 9.59 Å². The number of anilines is 1. The van der Waals surface area contributed by atoms with Gasteiger partial charge in [-0.1, -0.05) is 52.3 Å². The van der Waals surface area contributed by atoms with Crippen LogP contribution in [0, 0.1) is 12.8 Å². The second kappa shape index (κ2) is 7.11. The van der Waals surface area contributed by atoms with Crippen molar-refractivity contribution in [1.82, 2.24) is 10.6 Å². The number of benzene rings is 2. The predicted molar refractivity (Wildman–Crippen MR) is 101 cm³/mol. The quantitative estimate of drug-likeness (QED) is 0.732. The van der Waals surface area contributed by atoms with Crippen LogP contribution >= 0.6 is 15.9 Å². The first-order valence-corrected chi connectivity index (χ1v) is 8.62.